The number of likely N-dealkylation sites (tertiary alicyclic amines) is 1. The molecular weight excluding hydrogens is 408 g/mol. The van der Waals surface area contributed by atoms with E-state index in [9.17, 15) is 14.4 Å². The summed E-state index contributed by atoms with van der Waals surface area (Å²) in [5.41, 5.74) is 2.25. The number of hydrogen-bond acceptors (Lipinski definition) is 5. The number of ether oxygens (including phenoxy) is 1. The van der Waals surface area contributed by atoms with Crippen molar-refractivity contribution in [3.05, 3.63) is 57.3 Å². The van der Waals surface area contributed by atoms with Crippen LogP contribution in [0.2, 0.25) is 0 Å². The normalized spacial score (nSPS) is 20.2. The summed E-state index contributed by atoms with van der Waals surface area (Å²) in [6.45, 7) is 2.19. The first-order valence-electron chi connectivity index (χ1n) is 11.3. The van der Waals surface area contributed by atoms with Gasteiger partial charge in [0.2, 0.25) is 11.8 Å². The van der Waals surface area contributed by atoms with Gasteiger partial charge in [-0.05, 0) is 43.4 Å². The largest absolute Gasteiger partial charge is 0.497 e. The van der Waals surface area contributed by atoms with Gasteiger partial charge in [-0.1, -0.05) is 12.1 Å². The van der Waals surface area contributed by atoms with Gasteiger partial charge in [-0.3, -0.25) is 14.4 Å². The summed E-state index contributed by atoms with van der Waals surface area (Å²) < 4.78 is 5.17. The van der Waals surface area contributed by atoms with Crippen molar-refractivity contribution in [1.29, 1.82) is 0 Å². The first-order valence-corrected chi connectivity index (χ1v) is 11.3. The molecule has 0 bridgehead atoms. The van der Waals surface area contributed by atoms with Crippen LogP contribution in [0.1, 0.15) is 47.8 Å². The lowest BCUT2D eigenvalue weighted by molar-refractivity contribution is -0.133. The third kappa shape index (κ3) is 4.13. The molecule has 3 heterocycles. The molecule has 2 aromatic rings. The van der Waals surface area contributed by atoms with Gasteiger partial charge in [-0.25, -0.2) is 4.98 Å². The van der Waals surface area contributed by atoms with Crippen molar-refractivity contribution >= 4 is 11.8 Å². The zero-order valence-corrected chi connectivity index (χ0v) is 18.3. The Morgan fingerprint density at radius 2 is 1.91 bits per heavy atom. The molecule has 1 aromatic carbocycles. The standard InChI is InChI=1S/C24H28N4O4/c1-32-18-6-2-15(3-7-18)12-21(29)27-10-8-17(13-27)22-25-20-14-28(24(31)16-4-5-16)11-9-19(20)23(30)26-22/h2-3,6-7,16-17H,4-5,8-14H2,1H3,(H,25,26,30)/t17-/m0/s1. The number of carbonyl (C=O) groups excluding carboxylic acids is 2. The van der Waals surface area contributed by atoms with E-state index in [0.717, 1.165) is 30.6 Å². The van der Waals surface area contributed by atoms with Crippen LogP contribution in [0.5, 0.6) is 5.75 Å². The van der Waals surface area contributed by atoms with Crippen molar-refractivity contribution in [3.63, 3.8) is 0 Å². The Morgan fingerprint density at radius 3 is 2.62 bits per heavy atom. The van der Waals surface area contributed by atoms with Crippen LogP contribution in [0.4, 0.5) is 0 Å². The van der Waals surface area contributed by atoms with E-state index < -0.39 is 0 Å². The van der Waals surface area contributed by atoms with Gasteiger partial charge in [0.1, 0.15) is 11.6 Å². The molecule has 32 heavy (non-hydrogen) atoms. The zero-order valence-electron chi connectivity index (χ0n) is 18.3. The number of nitrogens with zero attached hydrogens (tertiary/aromatic N) is 3. The lowest BCUT2D eigenvalue weighted by atomic mass is 10.0. The monoisotopic (exact) mass is 436 g/mol. The molecule has 0 unspecified atom stereocenters. The van der Waals surface area contributed by atoms with Crippen molar-refractivity contribution in [2.45, 2.75) is 44.6 Å². The highest BCUT2D eigenvalue weighted by Gasteiger charge is 2.36. The maximum Gasteiger partial charge on any atom is 0.254 e. The van der Waals surface area contributed by atoms with E-state index >= 15 is 0 Å². The summed E-state index contributed by atoms with van der Waals surface area (Å²) in [4.78, 5) is 49.3. The molecule has 2 fully saturated rings. The number of rotatable bonds is 5. The van der Waals surface area contributed by atoms with Gasteiger partial charge in [0, 0.05) is 37.0 Å². The van der Waals surface area contributed by atoms with E-state index in [2.05, 4.69) is 4.98 Å². The Hall–Kier alpha value is -3.16. The van der Waals surface area contributed by atoms with E-state index in [4.69, 9.17) is 9.72 Å². The van der Waals surface area contributed by atoms with Crippen LogP contribution in [0.25, 0.3) is 0 Å². The minimum Gasteiger partial charge on any atom is -0.497 e. The van der Waals surface area contributed by atoms with Crippen molar-refractivity contribution < 1.29 is 14.3 Å². The van der Waals surface area contributed by atoms with Gasteiger partial charge in [-0.15, -0.1) is 0 Å². The predicted molar refractivity (Wildman–Crippen MR) is 117 cm³/mol. The maximum atomic E-state index is 12.8. The number of carbonyl (C=O) groups is 2. The van der Waals surface area contributed by atoms with Crippen molar-refractivity contribution in [2.24, 2.45) is 5.92 Å². The van der Waals surface area contributed by atoms with E-state index in [1.165, 1.54) is 0 Å². The van der Waals surface area contributed by atoms with Crippen LogP contribution < -0.4 is 10.3 Å². The molecule has 3 aliphatic rings. The van der Waals surface area contributed by atoms with Crippen molar-refractivity contribution in [1.82, 2.24) is 19.8 Å². The highest BCUT2D eigenvalue weighted by atomic mass is 16.5. The van der Waals surface area contributed by atoms with Gasteiger partial charge in [0.15, 0.2) is 0 Å². The number of hydrogen-bond donors (Lipinski definition) is 1. The second kappa shape index (κ2) is 8.41. The molecule has 1 aliphatic carbocycles. The Balaban J connectivity index is 1.26. The Kier molecular flexibility index (Phi) is 5.45. The number of H-pyrrole nitrogens is 1. The van der Waals surface area contributed by atoms with Gasteiger partial charge in [0.05, 0.1) is 25.8 Å². The van der Waals surface area contributed by atoms with Crippen LogP contribution in [-0.4, -0.2) is 58.3 Å². The molecule has 1 saturated heterocycles. The highest BCUT2D eigenvalue weighted by Crippen LogP contribution is 2.32. The molecule has 8 nitrogen and oxygen atoms in total. The lowest BCUT2D eigenvalue weighted by Gasteiger charge is -2.28. The summed E-state index contributed by atoms with van der Waals surface area (Å²) in [7, 11) is 1.62. The minimum atomic E-state index is -0.105. The summed E-state index contributed by atoms with van der Waals surface area (Å²) in [5, 5.41) is 0. The van der Waals surface area contributed by atoms with Crippen LogP contribution in [0.15, 0.2) is 29.1 Å². The summed E-state index contributed by atoms with van der Waals surface area (Å²) in [5.74, 6) is 1.83. The quantitative estimate of drug-likeness (QED) is 0.769. The highest BCUT2D eigenvalue weighted by molar-refractivity contribution is 5.81. The molecule has 1 N–H and O–H groups in total. The van der Waals surface area contributed by atoms with Gasteiger partial charge in [-0.2, -0.15) is 0 Å². The first kappa shape index (κ1) is 20.7. The Bertz CT molecular complexity index is 1090. The number of nitrogens with one attached hydrogen (secondary N) is 1. The molecule has 1 atom stereocenters. The van der Waals surface area contributed by atoms with E-state index in [1.54, 1.807) is 7.11 Å². The number of amides is 2. The minimum absolute atomic E-state index is 0.00216. The zero-order chi connectivity index (χ0) is 22.2. The molecule has 168 valence electrons. The van der Waals surface area contributed by atoms with E-state index in [-0.39, 0.29) is 29.2 Å². The molecule has 0 spiro atoms. The summed E-state index contributed by atoms with van der Waals surface area (Å²) in [6.07, 6.45) is 3.59. The van der Waals surface area contributed by atoms with Crippen LogP contribution in [0.3, 0.4) is 0 Å². The number of fused-ring (bicyclic) bond motifs is 1. The fourth-order valence-corrected chi connectivity index (χ4v) is 4.67. The van der Waals surface area contributed by atoms with E-state index in [0.29, 0.717) is 56.1 Å². The first-order chi connectivity index (χ1) is 15.5. The molecule has 0 radical (unpaired) electrons. The topological polar surface area (TPSA) is 95.6 Å². The van der Waals surface area contributed by atoms with Crippen LogP contribution >= 0.6 is 0 Å². The Labute approximate surface area is 186 Å². The molecular formula is C24H28N4O4. The van der Waals surface area contributed by atoms with Gasteiger partial charge in [0.25, 0.3) is 5.56 Å². The molecule has 2 amide bonds. The van der Waals surface area contributed by atoms with Gasteiger partial charge >= 0.3 is 0 Å². The number of aromatic nitrogens is 2. The van der Waals surface area contributed by atoms with Crippen LogP contribution in [-0.2, 0) is 29.0 Å². The SMILES string of the molecule is COc1ccc(CC(=O)N2CC[C@H](c3nc4c(c(=O)[nH]3)CCN(C(=O)C3CC3)C4)C2)cc1. The average molecular weight is 437 g/mol. The smallest absolute Gasteiger partial charge is 0.254 e. The molecule has 1 aromatic heterocycles. The third-order valence-electron chi connectivity index (χ3n) is 6.77. The average Bonchev–Trinajstić information content (AvgIpc) is 3.54. The number of aromatic amines is 1. The fourth-order valence-electron chi connectivity index (χ4n) is 4.67. The summed E-state index contributed by atoms with van der Waals surface area (Å²) in [6, 6.07) is 7.52. The fraction of sp³-hybridized carbons (Fsp3) is 0.500. The van der Waals surface area contributed by atoms with Crippen LogP contribution in [0, 0.1) is 5.92 Å². The molecule has 1 saturated carbocycles. The second-order valence-electron chi connectivity index (χ2n) is 9.01. The van der Waals surface area contributed by atoms with E-state index in [1.807, 2.05) is 34.1 Å². The summed E-state index contributed by atoms with van der Waals surface area (Å²) >= 11 is 0. The van der Waals surface area contributed by atoms with Gasteiger partial charge < -0.3 is 19.5 Å². The van der Waals surface area contributed by atoms with Crippen molar-refractivity contribution in [3.8, 4) is 5.75 Å². The molecule has 5 rings (SSSR count). The third-order valence-corrected chi connectivity index (χ3v) is 6.77. The lowest BCUT2D eigenvalue weighted by Crippen LogP contribution is -2.40. The maximum absolute atomic E-state index is 12.8. The number of methoxy groups -OCH3 is 1. The molecule has 2 aliphatic heterocycles. The second-order valence-corrected chi connectivity index (χ2v) is 9.01. The number of benzene rings is 1. The molecule has 8 heteroatoms. The Morgan fingerprint density at radius 1 is 1.12 bits per heavy atom. The van der Waals surface area contributed by atoms with Crippen molar-refractivity contribution in [2.75, 3.05) is 26.7 Å². The predicted octanol–water partition coefficient (Wildman–Crippen LogP) is 1.63.